The minimum atomic E-state index is -0.315. The highest BCUT2D eigenvalue weighted by molar-refractivity contribution is 7.98. The Hall–Kier alpha value is -0.210. The van der Waals surface area contributed by atoms with Crippen molar-refractivity contribution in [2.45, 2.75) is 11.8 Å². The molecule has 0 saturated carbocycles. The molecule has 0 saturated heterocycles. The van der Waals surface area contributed by atoms with Gasteiger partial charge in [0, 0.05) is 4.90 Å². The smallest absolute Gasteiger partial charge is 0.144 e. The average Bonchev–Trinajstić information content (AvgIpc) is 1.99. The van der Waals surface area contributed by atoms with Gasteiger partial charge in [-0.15, -0.1) is 11.8 Å². The third kappa shape index (κ3) is 1.88. The van der Waals surface area contributed by atoms with Crippen LogP contribution in [-0.2, 0) is 0 Å². The highest BCUT2D eigenvalue weighted by Gasteiger charge is 2.04. The van der Waals surface area contributed by atoms with E-state index in [9.17, 15) is 4.39 Å². The van der Waals surface area contributed by atoms with Gasteiger partial charge in [-0.05, 0) is 30.9 Å². The van der Waals surface area contributed by atoms with Crippen LogP contribution in [0.1, 0.15) is 5.56 Å². The topological polar surface area (TPSA) is 0 Å². The fourth-order valence-electron chi connectivity index (χ4n) is 0.813. The summed E-state index contributed by atoms with van der Waals surface area (Å²) >= 11 is 7.16. The van der Waals surface area contributed by atoms with Gasteiger partial charge >= 0.3 is 0 Å². The predicted molar refractivity (Wildman–Crippen MR) is 47.9 cm³/mol. The Bertz CT molecular complexity index is 250. The molecule has 1 aromatic carbocycles. The van der Waals surface area contributed by atoms with Crippen LogP contribution in [0.4, 0.5) is 4.39 Å². The van der Waals surface area contributed by atoms with Gasteiger partial charge < -0.3 is 0 Å². The minimum Gasteiger partial charge on any atom is -0.205 e. The van der Waals surface area contributed by atoms with Crippen molar-refractivity contribution in [1.29, 1.82) is 0 Å². The quantitative estimate of drug-likeness (QED) is 0.611. The standard InChI is InChI=1S/C8H8ClFS/c1-5-3-6(11-2)4-7(9)8(5)10/h3-4H,1-2H3. The van der Waals surface area contributed by atoms with Crippen LogP contribution in [0.3, 0.4) is 0 Å². The number of hydrogen-bond donors (Lipinski definition) is 0. The molecule has 11 heavy (non-hydrogen) atoms. The van der Waals surface area contributed by atoms with E-state index in [2.05, 4.69) is 0 Å². The second-order valence-electron chi connectivity index (χ2n) is 2.24. The lowest BCUT2D eigenvalue weighted by atomic mass is 10.2. The summed E-state index contributed by atoms with van der Waals surface area (Å²) in [4.78, 5) is 0.994. The van der Waals surface area contributed by atoms with Crippen LogP contribution < -0.4 is 0 Å². The molecule has 3 heteroatoms. The molecule has 0 aromatic heterocycles. The summed E-state index contributed by atoms with van der Waals surface area (Å²) in [6.45, 7) is 1.71. The van der Waals surface area contributed by atoms with Crippen molar-refractivity contribution in [3.63, 3.8) is 0 Å². The number of halogens is 2. The van der Waals surface area contributed by atoms with Crippen LogP contribution in [-0.4, -0.2) is 6.26 Å². The average molecular weight is 191 g/mol. The summed E-state index contributed by atoms with van der Waals surface area (Å²) in [5.74, 6) is -0.315. The maximum atomic E-state index is 12.9. The summed E-state index contributed by atoms with van der Waals surface area (Å²) in [7, 11) is 0. The van der Waals surface area contributed by atoms with E-state index < -0.39 is 0 Å². The molecule has 0 unspecified atom stereocenters. The Morgan fingerprint density at radius 3 is 2.55 bits per heavy atom. The Labute approximate surface area is 74.8 Å². The Morgan fingerprint density at radius 2 is 2.09 bits per heavy atom. The molecule has 0 aliphatic carbocycles. The fourth-order valence-corrected chi connectivity index (χ4v) is 1.67. The number of rotatable bonds is 1. The molecule has 60 valence electrons. The molecule has 0 fully saturated rings. The first kappa shape index (κ1) is 8.88. The fraction of sp³-hybridized carbons (Fsp3) is 0.250. The first-order chi connectivity index (χ1) is 5.15. The molecule has 0 atom stereocenters. The SMILES string of the molecule is CSc1cc(C)c(F)c(Cl)c1. The van der Waals surface area contributed by atoms with Crippen molar-refractivity contribution in [1.82, 2.24) is 0 Å². The van der Waals surface area contributed by atoms with Gasteiger partial charge in [0.1, 0.15) is 5.82 Å². The van der Waals surface area contributed by atoms with Crippen molar-refractivity contribution in [2.24, 2.45) is 0 Å². The van der Waals surface area contributed by atoms with Gasteiger partial charge in [-0.25, -0.2) is 4.39 Å². The predicted octanol–water partition coefficient (Wildman–Crippen LogP) is 3.51. The molecule has 0 aliphatic rings. The van der Waals surface area contributed by atoms with Gasteiger partial charge in [-0.1, -0.05) is 11.6 Å². The highest BCUT2D eigenvalue weighted by atomic mass is 35.5. The monoisotopic (exact) mass is 190 g/mol. The lowest BCUT2D eigenvalue weighted by Crippen LogP contribution is -1.84. The van der Waals surface area contributed by atoms with E-state index in [1.807, 2.05) is 6.26 Å². The van der Waals surface area contributed by atoms with Crippen LogP contribution >= 0.6 is 23.4 Å². The van der Waals surface area contributed by atoms with Crippen LogP contribution in [0.2, 0.25) is 5.02 Å². The molecule has 0 N–H and O–H groups in total. The third-order valence-electron chi connectivity index (χ3n) is 1.42. The van der Waals surface area contributed by atoms with E-state index in [0.717, 1.165) is 4.90 Å². The van der Waals surface area contributed by atoms with Crippen molar-refractivity contribution < 1.29 is 4.39 Å². The zero-order valence-corrected chi connectivity index (χ0v) is 7.89. The van der Waals surface area contributed by atoms with E-state index in [-0.39, 0.29) is 10.8 Å². The van der Waals surface area contributed by atoms with Gasteiger partial charge in [0.2, 0.25) is 0 Å². The maximum Gasteiger partial charge on any atom is 0.144 e. The van der Waals surface area contributed by atoms with E-state index in [1.165, 1.54) is 0 Å². The van der Waals surface area contributed by atoms with Gasteiger partial charge in [0.05, 0.1) is 5.02 Å². The van der Waals surface area contributed by atoms with Crippen molar-refractivity contribution >= 4 is 23.4 Å². The van der Waals surface area contributed by atoms with Crippen molar-refractivity contribution in [3.8, 4) is 0 Å². The van der Waals surface area contributed by atoms with E-state index in [0.29, 0.717) is 5.56 Å². The first-order valence-electron chi connectivity index (χ1n) is 3.15. The van der Waals surface area contributed by atoms with Crippen LogP contribution in [0.15, 0.2) is 17.0 Å². The Balaban J connectivity index is 3.21. The normalized spacial score (nSPS) is 10.2. The van der Waals surface area contributed by atoms with Gasteiger partial charge in [-0.2, -0.15) is 0 Å². The Kier molecular flexibility index (Phi) is 2.79. The summed E-state index contributed by atoms with van der Waals surface area (Å²) in [6, 6.07) is 3.42. The molecule has 0 aliphatic heterocycles. The molecular weight excluding hydrogens is 183 g/mol. The number of hydrogen-bond acceptors (Lipinski definition) is 1. The molecule has 0 spiro atoms. The van der Waals surface area contributed by atoms with Gasteiger partial charge in [-0.3, -0.25) is 0 Å². The zero-order valence-electron chi connectivity index (χ0n) is 6.32. The molecule has 0 bridgehead atoms. The zero-order chi connectivity index (χ0) is 8.43. The van der Waals surface area contributed by atoms with Gasteiger partial charge in [0.15, 0.2) is 0 Å². The highest BCUT2D eigenvalue weighted by Crippen LogP contribution is 2.25. The van der Waals surface area contributed by atoms with Gasteiger partial charge in [0.25, 0.3) is 0 Å². The second kappa shape index (κ2) is 3.46. The number of thioether (sulfide) groups is 1. The van der Waals surface area contributed by atoms with Crippen LogP contribution in [0.25, 0.3) is 0 Å². The van der Waals surface area contributed by atoms with E-state index in [4.69, 9.17) is 11.6 Å². The van der Waals surface area contributed by atoms with Crippen LogP contribution in [0.5, 0.6) is 0 Å². The summed E-state index contributed by atoms with van der Waals surface area (Å²) in [5, 5.41) is 0.203. The Morgan fingerprint density at radius 1 is 1.45 bits per heavy atom. The maximum absolute atomic E-state index is 12.9. The first-order valence-corrected chi connectivity index (χ1v) is 4.75. The number of benzene rings is 1. The third-order valence-corrected chi connectivity index (χ3v) is 2.40. The lowest BCUT2D eigenvalue weighted by molar-refractivity contribution is 0.617. The van der Waals surface area contributed by atoms with E-state index in [1.54, 1.807) is 30.8 Å². The lowest BCUT2D eigenvalue weighted by Gasteiger charge is -2.01. The van der Waals surface area contributed by atoms with Crippen molar-refractivity contribution in [3.05, 3.63) is 28.5 Å². The van der Waals surface area contributed by atoms with E-state index >= 15 is 0 Å². The molecule has 0 nitrogen and oxygen atoms in total. The van der Waals surface area contributed by atoms with Crippen molar-refractivity contribution in [2.75, 3.05) is 6.26 Å². The summed E-state index contributed by atoms with van der Waals surface area (Å²) in [5.41, 5.74) is 0.599. The molecular formula is C8H8ClFS. The summed E-state index contributed by atoms with van der Waals surface area (Å²) in [6.07, 6.45) is 1.93. The van der Waals surface area contributed by atoms with Crippen LogP contribution in [0, 0.1) is 12.7 Å². The molecule has 1 rings (SSSR count). The molecule has 0 amide bonds. The molecule has 1 aromatic rings. The minimum absolute atomic E-state index is 0.203. The number of aryl methyl sites for hydroxylation is 1. The second-order valence-corrected chi connectivity index (χ2v) is 3.53. The molecule has 0 heterocycles. The molecule has 0 radical (unpaired) electrons. The largest absolute Gasteiger partial charge is 0.205 e. The summed E-state index contributed by atoms with van der Waals surface area (Å²) < 4.78 is 12.9.